The van der Waals surface area contributed by atoms with E-state index in [0.29, 0.717) is 30.0 Å². The first-order chi connectivity index (χ1) is 13.1. The molecule has 27 heavy (non-hydrogen) atoms. The second-order valence-electron chi connectivity index (χ2n) is 6.23. The highest BCUT2D eigenvalue weighted by atomic mass is 32.2. The van der Waals surface area contributed by atoms with Crippen LogP contribution in [0.25, 0.3) is 11.4 Å². The topological polar surface area (TPSA) is 96.1 Å². The number of carbonyl (C=O) groups excluding carboxylic acids is 1. The van der Waals surface area contributed by atoms with Crippen molar-refractivity contribution in [2.75, 3.05) is 25.5 Å². The van der Waals surface area contributed by atoms with Gasteiger partial charge in [0.2, 0.25) is 11.8 Å². The monoisotopic (exact) mass is 394 g/mol. The first-order valence-corrected chi connectivity index (χ1v) is 10.2. The molecule has 3 rings (SSSR count). The Labute approximate surface area is 162 Å². The van der Waals surface area contributed by atoms with Crippen molar-refractivity contribution in [1.29, 1.82) is 0 Å². The summed E-state index contributed by atoms with van der Waals surface area (Å²) >= 11 is 1.35. The Hall–Kier alpha value is -2.07. The minimum atomic E-state index is -0.0335. The van der Waals surface area contributed by atoms with Crippen LogP contribution in [-0.4, -0.2) is 62.1 Å². The molecule has 1 aliphatic rings. The average Bonchev–Trinajstić information content (AvgIpc) is 3.39. The lowest BCUT2D eigenvalue weighted by Gasteiger charge is -2.10. The standard InChI is InChI=1S/C17H26N6O3S/c1-4-23-10-13(16(21-23)25-5-2)15-19-20-17(22(15)3)27-11-14(24)18-9-12-7-6-8-26-12/h10,12H,4-9,11H2,1-3H3,(H,18,24). The molecule has 0 aromatic carbocycles. The molecule has 148 valence electrons. The van der Waals surface area contributed by atoms with Gasteiger partial charge in [-0.25, -0.2) is 0 Å². The van der Waals surface area contributed by atoms with Crippen molar-refractivity contribution in [2.45, 2.75) is 44.5 Å². The fraction of sp³-hybridized carbons (Fsp3) is 0.647. The van der Waals surface area contributed by atoms with Crippen LogP contribution in [0.2, 0.25) is 0 Å². The number of rotatable bonds is 9. The second-order valence-corrected chi connectivity index (χ2v) is 7.17. The van der Waals surface area contributed by atoms with Crippen molar-refractivity contribution >= 4 is 17.7 Å². The predicted octanol–water partition coefficient (Wildman–Crippen LogP) is 1.48. The molecule has 1 amide bonds. The normalized spacial score (nSPS) is 16.6. The number of carbonyl (C=O) groups is 1. The Morgan fingerprint density at radius 2 is 2.30 bits per heavy atom. The number of amides is 1. The molecule has 2 aromatic rings. The summed E-state index contributed by atoms with van der Waals surface area (Å²) in [6, 6.07) is 0. The number of hydrogen-bond acceptors (Lipinski definition) is 7. The highest BCUT2D eigenvalue weighted by molar-refractivity contribution is 7.99. The molecular weight excluding hydrogens is 368 g/mol. The van der Waals surface area contributed by atoms with Gasteiger partial charge in [-0.1, -0.05) is 11.8 Å². The number of hydrogen-bond donors (Lipinski definition) is 1. The van der Waals surface area contributed by atoms with E-state index in [9.17, 15) is 4.79 Å². The van der Waals surface area contributed by atoms with Gasteiger partial charge in [0, 0.05) is 32.9 Å². The highest BCUT2D eigenvalue weighted by Gasteiger charge is 2.20. The van der Waals surface area contributed by atoms with Crippen LogP contribution in [-0.2, 0) is 23.1 Å². The van der Waals surface area contributed by atoms with Crippen molar-refractivity contribution in [3.8, 4) is 17.3 Å². The maximum absolute atomic E-state index is 12.1. The van der Waals surface area contributed by atoms with E-state index < -0.39 is 0 Å². The Morgan fingerprint density at radius 3 is 3.00 bits per heavy atom. The van der Waals surface area contributed by atoms with Crippen LogP contribution < -0.4 is 10.1 Å². The summed E-state index contributed by atoms with van der Waals surface area (Å²) in [5, 5.41) is 16.5. The van der Waals surface area contributed by atoms with Crippen LogP contribution in [0, 0.1) is 0 Å². The van der Waals surface area contributed by atoms with Gasteiger partial charge in [0.25, 0.3) is 0 Å². The van der Waals surface area contributed by atoms with Crippen molar-refractivity contribution in [1.82, 2.24) is 29.9 Å². The van der Waals surface area contributed by atoms with E-state index in [2.05, 4.69) is 20.6 Å². The third-order valence-corrected chi connectivity index (χ3v) is 5.31. The van der Waals surface area contributed by atoms with Crippen molar-refractivity contribution in [2.24, 2.45) is 7.05 Å². The molecule has 1 atom stereocenters. The van der Waals surface area contributed by atoms with Crippen LogP contribution in [0.1, 0.15) is 26.7 Å². The lowest BCUT2D eigenvalue weighted by atomic mass is 10.2. The maximum atomic E-state index is 12.1. The van der Waals surface area contributed by atoms with Crippen LogP contribution >= 0.6 is 11.8 Å². The van der Waals surface area contributed by atoms with Crippen LogP contribution in [0.3, 0.4) is 0 Å². The first-order valence-electron chi connectivity index (χ1n) is 9.23. The summed E-state index contributed by atoms with van der Waals surface area (Å²) in [7, 11) is 1.88. The Morgan fingerprint density at radius 1 is 1.44 bits per heavy atom. The number of nitrogens with zero attached hydrogens (tertiary/aromatic N) is 5. The SMILES string of the molecule is CCOc1nn(CC)cc1-c1nnc(SCC(=O)NCC2CCCO2)n1C. The van der Waals surface area contributed by atoms with E-state index in [-0.39, 0.29) is 17.8 Å². The summed E-state index contributed by atoms with van der Waals surface area (Å²) in [5.41, 5.74) is 0.795. The van der Waals surface area contributed by atoms with Gasteiger partial charge in [0.15, 0.2) is 11.0 Å². The molecule has 2 aromatic heterocycles. The Bertz CT molecular complexity index is 769. The van der Waals surface area contributed by atoms with Gasteiger partial charge in [-0.15, -0.1) is 15.3 Å². The Kier molecular flexibility index (Phi) is 6.73. The van der Waals surface area contributed by atoms with Crippen molar-refractivity contribution in [3.63, 3.8) is 0 Å². The fourth-order valence-corrected chi connectivity index (χ4v) is 3.59. The van der Waals surface area contributed by atoms with Gasteiger partial charge in [0.1, 0.15) is 5.56 Å². The van der Waals surface area contributed by atoms with Crippen molar-refractivity contribution in [3.05, 3.63) is 6.20 Å². The molecule has 10 heteroatoms. The molecule has 1 fully saturated rings. The molecule has 9 nitrogen and oxygen atoms in total. The van der Waals surface area contributed by atoms with Gasteiger partial charge < -0.3 is 19.4 Å². The first kappa shape index (κ1) is 19.7. The molecule has 0 radical (unpaired) electrons. The molecule has 1 aliphatic heterocycles. The molecule has 0 aliphatic carbocycles. The highest BCUT2D eigenvalue weighted by Crippen LogP contribution is 2.29. The molecule has 0 bridgehead atoms. The largest absolute Gasteiger partial charge is 0.476 e. The zero-order chi connectivity index (χ0) is 19.2. The summed E-state index contributed by atoms with van der Waals surface area (Å²) in [6.45, 7) is 6.55. The third-order valence-electron chi connectivity index (χ3n) is 4.29. The second kappa shape index (κ2) is 9.23. The van der Waals surface area contributed by atoms with Crippen molar-refractivity contribution < 1.29 is 14.3 Å². The maximum Gasteiger partial charge on any atom is 0.243 e. The quantitative estimate of drug-likeness (QED) is 0.644. The zero-order valence-corrected chi connectivity index (χ0v) is 16.8. The lowest BCUT2D eigenvalue weighted by Crippen LogP contribution is -2.32. The third kappa shape index (κ3) is 4.81. The van der Waals surface area contributed by atoms with Gasteiger partial charge in [-0.2, -0.15) is 0 Å². The van der Waals surface area contributed by atoms with Crippen LogP contribution in [0.15, 0.2) is 11.4 Å². The number of thioether (sulfide) groups is 1. The molecule has 1 saturated heterocycles. The van der Waals surface area contributed by atoms with Crippen LogP contribution in [0.4, 0.5) is 0 Å². The summed E-state index contributed by atoms with van der Waals surface area (Å²) < 4.78 is 14.8. The Balaban J connectivity index is 1.61. The summed E-state index contributed by atoms with van der Waals surface area (Å²) in [4.78, 5) is 12.1. The van der Waals surface area contributed by atoms with Crippen LogP contribution in [0.5, 0.6) is 5.88 Å². The smallest absolute Gasteiger partial charge is 0.243 e. The molecule has 1 N–H and O–H groups in total. The lowest BCUT2D eigenvalue weighted by molar-refractivity contribution is -0.119. The number of nitrogens with one attached hydrogen (secondary N) is 1. The van der Waals surface area contributed by atoms with Gasteiger partial charge in [-0.3, -0.25) is 9.48 Å². The summed E-state index contributed by atoms with van der Waals surface area (Å²) in [5.74, 6) is 1.46. The zero-order valence-electron chi connectivity index (χ0n) is 16.0. The molecule has 3 heterocycles. The van der Waals surface area contributed by atoms with E-state index in [1.807, 2.05) is 31.7 Å². The molecule has 1 unspecified atom stereocenters. The number of aromatic nitrogens is 5. The van der Waals surface area contributed by atoms with E-state index in [4.69, 9.17) is 9.47 Å². The molecule has 0 saturated carbocycles. The van der Waals surface area contributed by atoms with E-state index in [1.54, 1.807) is 4.68 Å². The van der Waals surface area contributed by atoms with Gasteiger partial charge >= 0.3 is 0 Å². The number of ether oxygens (including phenoxy) is 2. The minimum Gasteiger partial charge on any atom is -0.476 e. The minimum absolute atomic E-state index is 0.0335. The number of aryl methyl sites for hydroxylation is 1. The van der Waals surface area contributed by atoms with Gasteiger partial charge in [-0.05, 0) is 26.7 Å². The van der Waals surface area contributed by atoms with E-state index >= 15 is 0 Å². The predicted molar refractivity (Wildman–Crippen MR) is 102 cm³/mol. The van der Waals surface area contributed by atoms with E-state index in [0.717, 1.165) is 31.6 Å². The molecule has 0 spiro atoms. The fourth-order valence-electron chi connectivity index (χ4n) is 2.85. The average molecular weight is 395 g/mol. The van der Waals surface area contributed by atoms with Gasteiger partial charge in [0.05, 0.1) is 18.5 Å². The summed E-state index contributed by atoms with van der Waals surface area (Å²) in [6.07, 6.45) is 4.12. The molecular formula is C17H26N6O3S. The van der Waals surface area contributed by atoms with E-state index in [1.165, 1.54) is 11.8 Å².